The van der Waals surface area contributed by atoms with Crippen molar-refractivity contribution in [3.05, 3.63) is 28.8 Å². The average molecular weight is 221 g/mol. The van der Waals surface area contributed by atoms with E-state index >= 15 is 0 Å². The van der Waals surface area contributed by atoms with Crippen LogP contribution in [0.15, 0.2) is 12.1 Å². The molecule has 1 N–H and O–H groups in total. The minimum atomic E-state index is 0.523. The van der Waals surface area contributed by atoms with Gasteiger partial charge in [0.15, 0.2) is 0 Å². The summed E-state index contributed by atoms with van der Waals surface area (Å²) in [5.74, 6) is 1.04. The monoisotopic (exact) mass is 221 g/mol. The second-order valence-electron chi connectivity index (χ2n) is 4.37. The number of likely N-dealkylation sites (N-methyl/N-ethyl adjacent to an activating group) is 1. The zero-order chi connectivity index (χ0) is 12.1. The Bertz CT molecular complexity index is 343. The first kappa shape index (κ1) is 13.0. The van der Waals surface area contributed by atoms with E-state index in [0.29, 0.717) is 6.04 Å². The van der Waals surface area contributed by atoms with Gasteiger partial charge in [0.1, 0.15) is 5.75 Å². The van der Waals surface area contributed by atoms with Gasteiger partial charge < -0.3 is 10.1 Å². The van der Waals surface area contributed by atoms with E-state index < -0.39 is 0 Å². The van der Waals surface area contributed by atoms with Gasteiger partial charge in [-0.2, -0.15) is 0 Å². The van der Waals surface area contributed by atoms with E-state index in [1.165, 1.54) is 16.7 Å². The summed E-state index contributed by atoms with van der Waals surface area (Å²) in [6.07, 6.45) is 2.16. The third-order valence-corrected chi connectivity index (χ3v) is 3.07. The van der Waals surface area contributed by atoms with Gasteiger partial charge in [0.2, 0.25) is 0 Å². The molecule has 0 aliphatic rings. The third kappa shape index (κ3) is 2.99. The molecule has 0 saturated carbocycles. The molecule has 0 aromatic heterocycles. The van der Waals surface area contributed by atoms with Gasteiger partial charge >= 0.3 is 0 Å². The number of rotatable bonds is 5. The number of hydrogen-bond donors (Lipinski definition) is 1. The highest BCUT2D eigenvalue weighted by Gasteiger charge is 2.11. The van der Waals surface area contributed by atoms with Crippen molar-refractivity contribution in [3.63, 3.8) is 0 Å². The van der Waals surface area contributed by atoms with Crippen molar-refractivity contribution >= 4 is 0 Å². The fourth-order valence-corrected chi connectivity index (χ4v) is 2.20. The maximum absolute atomic E-state index is 5.49. The van der Waals surface area contributed by atoms with Crippen LogP contribution < -0.4 is 10.1 Å². The molecule has 2 nitrogen and oxygen atoms in total. The molecule has 0 fully saturated rings. The molecule has 90 valence electrons. The summed E-state index contributed by atoms with van der Waals surface area (Å²) < 4.78 is 5.49. The van der Waals surface area contributed by atoms with Crippen LogP contribution in [0.2, 0.25) is 0 Å². The van der Waals surface area contributed by atoms with Crippen molar-refractivity contribution in [1.82, 2.24) is 5.32 Å². The van der Waals surface area contributed by atoms with Crippen LogP contribution in [0.4, 0.5) is 0 Å². The highest BCUT2D eigenvalue weighted by atomic mass is 16.5. The maximum atomic E-state index is 5.49. The zero-order valence-electron chi connectivity index (χ0n) is 11.1. The van der Waals surface area contributed by atoms with Gasteiger partial charge in [0, 0.05) is 6.04 Å². The smallest absolute Gasteiger partial charge is 0.125 e. The van der Waals surface area contributed by atoms with E-state index in [9.17, 15) is 0 Å². The fraction of sp³-hybridized carbons (Fsp3) is 0.571. The topological polar surface area (TPSA) is 21.3 Å². The molecule has 1 unspecified atom stereocenters. The molecule has 0 amide bonds. The molecule has 1 rings (SSSR count). The van der Waals surface area contributed by atoms with E-state index in [1.807, 2.05) is 7.05 Å². The lowest BCUT2D eigenvalue weighted by molar-refractivity contribution is 0.402. The summed E-state index contributed by atoms with van der Waals surface area (Å²) in [4.78, 5) is 0. The molecule has 1 atom stereocenters. The van der Waals surface area contributed by atoms with E-state index in [1.54, 1.807) is 7.11 Å². The molecular weight excluding hydrogens is 198 g/mol. The van der Waals surface area contributed by atoms with Crippen LogP contribution in [0, 0.1) is 13.8 Å². The Labute approximate surface area is 99.0 Å². The Kier molecular flexibility index (Phi) is 4.81. The lowest BCUT2D eigenvalue weighted by Gasteiger charge is -2.18. The fourth-order valence-electron chi connectivity index (χ4n) is 2.20. The molecule has 2 heteroatoms. The van der Waals surface area contributed by atoms with Crippen molar-refractivity contribution in [2.45, 2.75) is 39.7 Å². The summed E-state index contributed by atoms with van der Waals surface area (Å²) in [6, 6.07) is 4.92. The second kappa shape index (κ2) is 5.90. The van der Waals surface area contributed by atoms with E-state index in [0.717, 1.165) is 18.6 Å². The van der Waals surface area contributed by atoms with Gasteiger partial charge in [-0.1, -0.05) is 24.6 Å². The second-order valence-corrected chi connectivity index (χ2v) is 4.37. The average Bonchev–Trinajstić information content (AvgIpc) is 2.25. The Hall–Kier alpha value is -1.02. The van der Waals surface area contributed by atoms with E-state index in [-0.39, 0.29) is 0 Å². The Balaban J connectivity index is 3.01. The van der Waals surface area contributed by atoms with Crippen LogP contribution in [0.5, 0.6) is 5.75 Å². The molecular formula is C14H23NO. The standard InChI is InChI=1S/C14H23NO/c1-6-13(15-4)9-12-8-10(2)7-11(3)14(12)16-5/h7-8,13,15H,6,9H2,1-5H3. The predicted molar refractivity (Wildman–Crippen MR) is 69.3 cm³/mol. The van der Waals surface area contributed by atoms with Crippen LogP contribution in [-0.4, -0.2) is 20.2 Å². The number of nitrogens with one attached hydrogen (secondary N) is 1. The molecule has 0 aliphatic heterocycles. The predicted octanol–water partition coefficient (Wildman–Crippen LogP) is 2.85. The van der Waals surface area contributed by atoms with E-state index in [4.69, 9.17) is 4.74 Å². The Morgan fingerprint density at radius 1 is 1.31 bits per heavy atom. The number of ether oxygens (including phenoxy) is 1. The lowest BCUT2D eigenvalue weighted by Crippen LogP contribution is -2.26. The van der Waals surface area contributed by atoms with Crippen molar-refractivity contribution in [2.75, 3.05) is 14.2 Å². The van der Waals surface area contributed by atoms with Crippen LogP contribution in [0.25, 0.3) is 0 Å². The van der Waals surface area contributed by atoms with Crippen molar-refractivity contribution in [2.24, 2.45) is 0 Å². The summed E-state index contributed by atoms with van der Waals surface area (Å²) in [5, 5.41) is 3.33. The first-order chi connectivity index (χ1) is 7.62. The molecule has 0 radical (unpaired) electrons. The molecule has 0 bridgehead atoms. The Morgan fingerprint density at radius 2 is 2.00 bits per heavy atom. The number of aryl methyl sites for hydroxylation is 2. The zero-order valence-corrected chi connectivity index (χ0v) is 11.1. The number of benzene rings is 1. The third-order valence-electron chi connectivity index (χ3n) is 3.07. The molecule has 16 heavy (non-hydrogen) atoms. The summed E-state index contributed by atoms with van der Waals surface area (Å²) in [7, 11) is 3.77. The van der Waals surface area contributed by atoms with Crippen molar-refractivity contribution in [1.29, 1.82) is 0 Å². The molecule has 0 saturated heterocycles. The van der Waals surface area contributed by atoms with Gasteiger partial charge in [-0.25, -0.2) is 0 Å². The first-order valence-corrected chi connectivity index (χ1v) is 5.93. The highest BCUT2D eigenvalue weighted by molar-refractivity contribution is 5.44. The van der Waals surface area contributed by atoms with Gasteiger partial charge in [-0.05, 0) is 44.9 Å². The van der Waals surface area contributed by atoms with Gasteiger partial charge in [0.05, 0.1) is 7.11 Å². The minimum Gasteiger partial charge on any atom is -0.496 e. The molecule has 1 aromatic carbocycles. The van der Waals surface area contributed by atoms with E-state index in [2.05, 4.69) is 38.2 Å². The van der Waals surface area contributed by atoms with Crippen LogP contribution >= 0.6 is 0 Å². The molecule has 0 aliphatic carbocycles. The molecule has 1 aromatic rings. The van der Waals surface area contributed by atoms with Gasteiger partial charge in [-0.15, -0.1) is 0 Å². The maximum Gasteiger partial charge on any atom is 0.125 e. The summed E-state index contributed by atoms with van der Waals surface area (Å²) >= 11 is 0. The number of hydrogen-bond acceptors (Lipinski definition) is 2. The normalized spacial score (nSPS) is 12.6. The number of methoxy groups -OCH3 is 1. The Morgan fingerprint density at radius 3 is 2.50 bits per heavy atom. The van der Waals surface area contributed by atoms with Crippen LogP contribution in [0.3, 0.4) is 0 Å². The molecule has 0 spiro atoms. The minimum absolute atomic E-state index is 0.523. The lowest BCUT2D eigenvalue weighted by atomic mass is 9.98. The van der Waals surface area contributed by atoms with Crippen molar-refractivity contribution < 1.29 is 4.74 Å². The largest absolute Gasteiger partial charge is 0.496 e. The van der Waals surface area contributed by atoms with Gasteiger partial charge in [-0.3, -0.25) is 0 Å². The molecule has 0 heterocycles. The van der Waals surface area contributed by atoms with Gasteiger partial charge in [0.25, 0.3) is 0 Å². The SMILES string of the molecule is CCC(Cc1cc(C)cc(C)c1OC)NC. The summed E-state index contributed by atoms with van der Waals surface area (Å²) in [6.45, 7) is 6.45. The summed E-state index contributed by atoms with van der Waals surface area (Å²) in [5.41, 5.74) is 3.84. The first-order valence-electron chi connectivity index (χ1n) is 5.93. The van der Waals surface area contributed by atoms with Crippen LogP contribution in [-0.2, 0) is 6.42 Å². The van der Waals surface area contributed by atoms with Crippen molar-refractivity contribution in [3.8, 4) is 5.75 Å². The van der Waals surface area contributed by atoms with Crippen LogP contribution in [0.1, 0.15) is 30.0 Å². The highest BCUT2D eigenvalue weighted by Crippen LogP contribution is 2.26. The quantitative estimate of drug-likeness (QED) is 0.825.